The van der Waals surface area contributed by atoms with Crippen molar-refractivity contribution in [1.82, 2.24) is 5.32 Å². The lowest BCUT2D eigenvalue weighted by atomic mass is 9.94. The molecule has 16 heavy (non-hydrogen) atoms. The molecule has 0 spiro atoms. The normalized spacial score (nSPS) is 32.9. The number of carbonyl (C=O) groups is 2. The number of carbonyl (C=O) groups excluding carboxylic acids is 2. The van der Waals surface area contributed by atoms with E-state index in [0.29, 0.717) is 12.8 Å². The van der Waals surface area contributed by atoms with Crippen molar-refractivity contribution in [1.29, 1.82) is 0 Å². The van der Waals surface area contributed by atoms with Crippen molar-refractivity contribution in [3.8, 4) is 0 Å². The molecule has 1 amide bonds. The fourth-order valence-electron chi connectivity index (χ4n) is 1.91. The van der Waals surface area contributed by atoms with Crippen molar-refractivity contribution >= 4 is 11.9 Å². The molecule has 0 aromatic rings. The highest BCUT2D eigenvalue weighted by Crippen LogP contribution is 2.34. The molecule has 0 aromatic heterocycles. The van der Waals surface area contributed by atoms with Crippen LogP contribution in [0.5, 0.6) is 0 Å². The van der Waals surface area contributed by atoms with Gasteiger partial charge in [0.2, 0.25) is 0 Å². The number of Topliss-reactive ketones (excluding diaryl/α,β-unsaturated/α-hetero) is 1. The number of ketones is 1. The largest absolute Gasteiger partial charge is 0.444 e. The van der Waals surface area contributed by atoms with Gasteiger partial charge in [-0.25, -0.2) is 4.79 Å². The van der Waals surface area contributed by atoms with Gasteiger partial charge in [0.25, 0.3) is 0 Å². The molecule has 90 valence electrons. The summed E-state index contributed by atoms with van der Waals surface area (Å²) in [6.07, 6.45) is 0.254. The maximum atomic E-state index is 11.5. The van der Waals surface area contributed by atoms with Crippen molar-refractivity contribution in [2.24, 2.45) is 0 Å². The molecule has 1 heterocycles. The Hall–Kier alpha value is -1.10. The summed E-state index contributed by atoms with van der Waals surface area (Å²) in [6.45, 7) is 5.44. The first-order chi connectivity index (χ1) is 7.37. The number of rotatable bonds is 1. The summed E-state index contributed by atoms with van der Waals surface area (Å²) >= 11 is 0. The van der Waals surface area contributed by atoms with Crippen LogP contribution in [0.25, 0.3) is 0 Å². The molecule has 3 atom stereocenters. The van der Waals surface area contributed by atoms with Gasteiger partial charge in [0.15, 0.2) is 5.78 Å². The van der Waals surface area contributed by atoms with E-state index in [4.69, 9.17) is 9.47 Å². The van der Waals surface area contributed by atoms with Gasteiger partial charge in [0.05, 0.1) is 6.04 Å². The van der Waals surface area contributed by atoms with E-state index in [2.05, 4.69) is 5.32 Å². The van der Waals surface area contributed by atoms with Crippen LogP contribution in [0.2, 0.25) is 0 Å². The fourth-order valence-corrected chi connectivity index (χ4v) is 1.91. The standard InChI is InChI=1S/C11H17NO4/c1-11(2,3)16-10(14)12-6-4-5-7(13)9-8(6)15-9/h6,8-9H,4-5H2,1-3H3,(H,12,14)/t6-,8-,9+/m0/s1. The minimum absolute atomic E-state index is 0.0856. The monoisotopic (exact) mass is 227 g/mol. The van der Waals surface area contributed by atoms with E-state index in [1.54, 1.807) is 0 Å². The highest BCUT2D eigenvalue weighted by molar-refractivity contribution is 5.87. The number of amides is 1. The predicted octanol–water partition coefficient (Wildman–Crippen LogP) is 1.01. The van der Waals surface area contributed by atoms with Crippen LogP contribution in [0.1, 0.15) is 33.6 Å². The van der Waals surface area contributed by atoms with Crippen molar-refractivity contribution in [3.05, 3.63) is 0 Å². The Labute approximate surface area is 94.5 Å². The molecule has 0 aromatic carbocycles. The number of epoxide rings is 1. The third-order valence-corrected chi connectivity index (χ3v) is 2.64. The predicted molar refractivity (Wildman–Crippen MR) is 56.1 cm³/mol. The first-order valence-electron chi connectivity index (χ1n) is 5.54. The lowest BCUT2D eigenvalue weighted by molar-refractivity contribution is -0.120. The van der Waals surface area contributed by atoms with Gasteiger partial charge in [-0.3, -0.25) is 4.79 Å². The lowest BCUT2D eigenvalue weighted by Crippen LogP contribution is -2.45. The summed E-state index contributed by atoms with van der Waals surface area (Å²) in [5.74, 6) is 0.146. The molecule has 0 unspecified atom stereocenters. The summed E-state index contributed by atoms with van der Waals surface area (Å²) < 4.78 is 10.4. The van der Waals surface area contributed by atoms with Crippen LogP contribution in [0.15, 0.2) is 0 Å². The van der Waals surface area contributed by atoms with E-state index < -0.39 is 11.7 Å². The van der Waals surface area contributed by atoms with Crippen molar-refractivity contribution in [2.45, 2.75) is 57.5 Å². The molecule has 2 rings (SSSR count). The van der Waals surface area contributed by atoms with Crippen LogP contribution < -0.4 is 5.32 Å². The zero-order valence-corrected chi connectivity index (χ0v) is 9.78. The molecule has 5 heteroatoms. The summed E-state index contributed by atoms with van der Waals surface area (Å²) in [6, 6.07) is -0.0856. The van der Waals surface area contributed by atoms with Gasteiger partial charge in [-0.15, -0.1) is 0 Å². The highest BCUT2D eigenvalue weighted by Gasteiger charge is 2.53. The molecule has 1 saturated heterocycles. The Bertz CT molecular complexity index is 320. The van der Waals surface area contributed by atoms with Gasteiger partial charge in [-0.2, -0.15) is 0 Å². The van der Waals surface area contributed by atoms with Gasteiger partial charge in [-0.05, 0) is 27.2 Å². The van der Waals surface area contributed by atoms with Crippen LogP contribution in [0.4, 0.5) is 4.79 Å². The molecule has 0 bridgehead atoms. The van der Waals surface area contributed by atoms with Gasteiger partial charge in [-0.1, -0.05) is 0 Å². The van der Waals surface area contributed by atoms with Gasteiger partial charge in [0.1, 0.15) is 17.8 Å². The Morgan fingerprint density at radius 1 is 1.50 bits per heavy atom. The number of hydrogen-bond donors (Lipinski definition) is 1. The zero-order chi connectivity index (χ0) is 11.9. The minimum Gasteiger partial charge on any atom is -0.444 e. The SMILES string of the molecule is CC(C)(C)OC(=O)N[C@H]1CCC(=O)[C@H]2O[C@@H]12. The minimum atomic E-state index is -0.502. The van der Waals surface area contributed by atoms with E-state index >= 15 is 0 Å². The summed E-state index contributed by atoms with van der Waals surface area (Å²) in [5.41, 5.74) is -0.502. The van der Waals surface area contributed by atoms with Gasteiger partial charge in [0, 0.05) is 6.42 Å². The second kappa shape index (κ2) is 3.73. The van der Waals surface area contributed by atoms with Gasteiger partial charge >= 0.3 is 6.09 Å². The molecular formula is C11H17NO4. The van der Waals surface area contributed by atoms with Gasteiger partial charge < -0.3 is 14.8 Å². The average Bonchev–Trinajstić information content (AvgIpc) is 2.86. The maximum absolute atomic E-state index is 11.5. The molecule has 1 aliphatic heterocycles. The van der Waals surface area contributed by atoms with Crippen molar-refractivity contribution in [3.63, 3.8) is 0 Å². The van der Waals surface area contributed by atoms with E-state index in [1.807, 2.05) is 20.8 Å². The fraction of sp³-hybridized carbons (Fsp3) is 0.818. The Morgan fingerprint density at radius 2 is 2.19 bits per heavy atom. The molecule has 1 N–H and O–H groups in total. The van der Waals surface area contributed by atoms with E-state index in [-0.39, 0.29) is 24.0 Å². The Kier molecular flexibility index (Phi) is 2.66. The van der Waals surface area contributed by atoms with Crippen LogP contribution in [-0.2, 0) is 14.3 Å². The second-order valence-electron chi connectivity index (χ2n) is 5.28. The highest BCUT2D eigenvalue weighted by atomic mass is 16.6. The topological polar surface area (TPSA) is 67.9 Å². The Morgan fingerprint density at radius 3 is 2.81 bits per heavy atom. The first kappa shape index (κ1) is 11.4. The molecule has 0 radical (unpaired) electrons. The maximum Gasteiger partial charge on any atom is 0.407 e. The number of ether oxygens (including phenoxy) is 2. The van der Waals surface area contributed by atoms with E-state index in [0.717, 1.165) is 0 Å². The number of hydrogen-bond acceptors (Lipinski definition) is 4. The van der Waals surface area contributed by atoms with E-state index in [1.165, 1.54) is 0 Å². The van der Waals surface area contributed by atoms with Crippen LogP contribution >= 0.6 is 0 Å². The third-order valence-electron chi connectivity index (χ3n) is 2.64. The number of alkyl carbamates (subject to hydrolysis) is 1. The molecule has 1 saturated carbocycles. The summed E-state index contributed by atoms with van der Waals surface area (Å²) in [5, 5.41) is 2.75. The average molecular weight is 227 g/mol. The quantitative estimate of drug-likeness (QED) is 0.679. The molecule has 5 nitrogen and oxygen atoms in total. The van der Waals surface area contributed by atoms with Crippen LogP contribution in [0.3, 0.4) is 0 Å². The van der Waals surface area contributed by atoms with Crippen LogP contribution in [0, 0.1) is 0 Å². The number of fused-ring (bicyclic) bond motifs is 1. The molecule has 1 aliphatic carbocycles. The smallest absolute Gasteiger partial charge is 0.407 e. The summed E-state index contributed by atoms with van der Waals surface area (Å²) in [4.78, 5) is 22.7. The lowest BCUT2D eigenvalue weighted by Gasteiger charge is -2.23. The molecule has 2 fully saturated rings. The molecular weight excluding hydrogens is 210 g/mol. The zero-order valence-electron chi connectivity index (χ0n) is 9.78. The van der Waals surface area contributed by atoms with E-state index in [9.17, 15) is 9.59 Å². The Balaban J connectivity index is 1.83. The first-order valence-corrected chi connectivity index (χ1v) is 5.54. The van der Waals surface area contributed by atoms with Crippen molar-refractivity contribution in [2.75, 3.05) is 0 Å². The van der Waals surface area contributed by atoms with Crippen molar-refractivity contribution < 1.29 is 19.1 Å². The molecule has 2 aliphatic rings. The number of nitrogens with one attached hydrogen (secondary N) is 1. The summed E-state index contributed by atoms with van der Waals surface area (Å²) in [7, 11) is 0. The second-order valence-corrected chi connectivity index (χ2v) is 5.28. The van der Waals surface area contributed by atoms with Crippen LogP contribution in [-0.4, -0.2) is 35.7 Å². The third kappa shape index (κ3) is 2.52.